The summed E-state index contributed by atoms with van der Waals surface area (Å²) >= 11 is 0. The van der Waals surface area contributed by atoms with Crippen LogP contribution in [0, 0.1) is 0 Å². The van der Waals surface area contributed by atoms with Crippen LogP contribution in [0.4, 0.5) is 5.95 Å². The van der Waals surface area contributed by atoms with E-state index in [4.69, 9.17) is 0 Å². The van der Waals surface area contributed by atoms with Crippen molar-refractivity contribution in [1.82, 2.24) is 19.2 Å². The number of nitrogens with zero attached hydrogens (tertiary/aromatic N) is 5. The summed E-state index contributed by atoms with van der Waals surface area (Å²) in [6.07, 6.45) is 6.31. The summed E-state index contributed by atoms with van der Waals surface area (Å²) in [5, 5.41) is 0. The van der Waals surface area contributed by atoms with E-state index in [0.29, 0.717) is 51.5 Å². The summed E-state index contributed by atoms with van der Waals surface area (Å²) in [7, 11) is -3.36. The molecule has 1 aromatic heterocycles. The molecule has 1 atom stereocenters. The van der Waals surface area contributed by atoms with Crippen molar-refractivity contribution in [2.45, 2.75) is 38.6 Å². The fraction of sp³-hybridized carbons (Fsp3) is 0.706. The van der Waals surface area contributed by atoms with E-state index in [9.17, 15) is 13.2 Å². The molecule has 2 fully saturated rings. The maximum atomic E-state index is 13.0. The Morgan fingerprint density at radius 3 is 2.46 bits per heavy atom. The molecule has 2 saturated heterocycles. The molecule has 2 aliphatic heterocycles. The first-order valence-corrected chi connectivity index (χ1v) is 10.9. The van der Waals surface area contributed by atoms with Crippen molar-refractivity contribution in [2.75, 3.05) is 43.4 Å². The monoisotopic (exact) mass is 381 g/mol. The van der Waals surface area contributed by atoms with Gasteiger partial charge in [0, 0.05) is 45.1 Å². The van der Waals surface area contributed by atoms with E-state index in [2.05, 4.69) is 14.9 Å². The van der Waals surface area contributed by atoms with Gasteiger partial charge in [-0.25, -0.2) is 18.4 Å². The SMILES string of the molecule is CCCS(=O)(=O)N1CCCCC1C(=O)N1CCN(c2ncccn2)CC1. The fourth-order valence-electron chi connectivity index (χ4n) is 3.65. The van der Waals surface area contributed by atoms with Crippen LogP contribution in [0.25, 0.3) is 0 Å². The van der Waals surface area contributed by atoms with Crippen molar-refractivity contribution in [3.63, 3.8) is 0 Å². The molecule has 1 amide bonds. The molecule has 0 spiro atoms. The van der Waals surface area contributed by atoms with Gasteiger partial charge in [-0.05, 0) is 25.3 Å². The number of sulfonamides is 1. The highest BCUT2D eigenvalue weighted by Gasteiger charge is 2.38. The Bertz CT molecular complexity index is 704. The summed E-state index contributed by atoms with van der Waals surface area (Å²) in [6, 6.07) is 1.23. The van der Waals surface area contributed by atoms with Crippen LogP contribution < -0.4 is 4.90 Å². The van der Waals surface area contributed by atoms with E-state index in [0.717, 1.165) is 12.8 Å². The van der Waals surface area contributed by atoms with Gasteiger partial charge in [0.05, 0.1) is 5.75 Å². The Kier molecular flexibility index (Phi) is 6.08. The minimum atomic E-state index is -3.36. The highest BCUT2D eigenvalue weighted by Crippen LogP contribution is 2.24. The molecular formula is C17H27N5O3S. The van der Waals surface area contributed by atoms with Crippen LogP contribution >= 0.6 is 0 Å². The molecule has 3 heterocycles. The smallest absolute Gasteiger partial charge is 0.241 e. The third-order valence-corrected chi connectivity index (χ3v) is 7.06. The van der Waals surface area contributed by atoms with Gasteiger partial charge in [0.25, 0.3) is 0 Å². The topological polar surface area (TPSA) is 86.7 Å². The lowest BCUT2D eigenvalue weighted by atomic mass is 10.0. The maximum absolute atomic E-state index is 13.0. The van der Waals surface area contributed by atoms with Gasteiger partial charge >= 0.3 is 0 Å². The van der Waals surface area contributed by atoms with Crippen molar-refractivity contribution < 1.29 is 13.2 Å². The van der Waals surface area contributed by atoms with Crippen molar-refractivity contribution in [2.24, 2.45) is 0 Å². The molecule has 0 radical (unpaired) electrons. The molecule has 8 nitrogen and oxygen atoms in total. The minimum Gasteiger partial charge on any atom is -0.338 e. The predicted octanol–water partition coefficient (Wildman–Crippen LogP) is 0.720. The number of piperazine rings is 1. The lowest BCUT2D eigenvalue weighted by molar-refractivity contribution is -0.136. The van der Waals surface area contributed by atoms with E-state index >= 15 is 0 Å². The molecule has 26 heavy (non-hydrogen) atoms. The fourth-order valence-corrected chi connectivity index (χ4v) is 5.39. The number of amides is 1. The van der Waals surface area contributed by atoms with Crippen LogP contribution in [0.2, 0.25) is 0 Å². The summed E-state index contributed by atoms with van der Waals surface area (Å²) < 4.78 is 26.6. The average molecular weight is 382 g/mol. The molecule has 0 bridgehead atoms. The zero-order valence-electron chi connectivity index (χ0n) is 15.2. The van der Waals surface area contributed by atoms with E-state index in [-0.39, 0.29) is 11.7 Å². The number of hydrogen-bond acceptors (Lipinski definition) is 6. The van der Waals surface area contributed by atoms with Crippen LogP contribution in [0.3, 0.4) is 0 Å². The minimum absolute atomic E-state index is 0.0574. The lowest BCUT2D eigenvalue weighted by Crippen LogP contribution is -2.57. The summed E-state index contributed by atoms with van der Waals surface area (Å²) in [4.78, 5) is 25.4. The second kappa shape index (κ2) is 8.30. The van der Waals surface area contributed by atoms with Gasteiger partial charge in [0.1, 0.15) is 6.04 Å². The average Bonchev–Trinajstić information content (AvgIpc) is 2.68. The Hall–Kier alpha value is -1.74. The predicted molar refractivity (Wildman–Crippen MR) is 99.2 cm³/mol. The lowest BCUT2D eigenvalue weighted by Gasteiger charge is -2.40. The highest BCUT2D eigenvalue weighted by atomic mass is 32.2. The first-order chi connectivity index (χ1) is 12.5. The van der Waals surface area contributed by atoms with E-state index in [1.807, 2.05) is 6.92 Å². The van der Waals surface area contributed by atoms with Crippen molar-refractivity contribution >= 4 is 21.9 Å². The summed E-state index contributed by atoms with van der Waals surface area (Å²) in [5.74, 6) is 0.720. The number of hydrogen-bond donors (Lipinski definition) is 0. The van der Waals surface area contributed by atoms with E-state index in [1.165, 1.54) is 4.31 Å². The van der Waals surface area contributed by atoms with Crippen LogP contribution in [-0.4, -0.2) is 78.0 Å². The van der Waals surface area contributed by atoms with Crippen LogP contribution in [0.15, 0.2) is 18.5 Å². The molecule has 2 aliphatic rings. The van der Waals surface area contributed by atoms with Gasteiger partial charge in [-0.15, -0.1) is 0 Å². The number of piperidine rings is 1. The molecule has 3 rings (SSSR count). The Morgan fingerprint density at radius 2 is 1.81 bits per heavy atom. The van der Waals surface area contributed by atoms with Crippen LogP contribution in [0.1, 0.15) is 32.6 Å². The molecule has 1 aromatic rings. The largest absolute Gasteiger partial charge is 0.338 e. The third kappa shape index (κ3) is 4.15. The zero-order valence-corrected chi connectivity index (χ0v) is 16.1. The number of carbonyl (C=O) groups excluding carboxylic acids is 1. The molecule has 0 saturated carbocycles. The van der Waals surface area contributed by atoms with E-state index < -0.39 is 16.1 Å². The van der Waals surface area contributed by atoms with Gasteiger partial charge in [0.15, 0.2) is 0 Å². The van der Waals surface area contributed by atoms with Gasteiger partial charge < -0.3 is 9.80 Å². The molecule has 0 aromatic carbocycles. The standard InChI is InChI=1S/C17H27N5O3S/c1-2-14-26(24,25)22-9-4-3-6-15(22)16(23)20-10-12-21(13-11-20)17-18-7-5-8-19-17/h5,7-8,15H,2-4,6,9-14H2,1H3. The number of anilines is 1. The number of rotatable bonds is 5. The normalized spacial score (nSPS) is 22.4. The number of carbonyl (C=O) groups is 1. The summed E-state index contributed by atoms with van der Waals surface area (Å²) in [5.41, 5.74) is 0. The third-order valence-electron chi connectivity index (χ3n) is 4.98. The maximum Gasteiger partial charge on any atom is 0.241 e. The van der Waals surface area contributed by atoms with Crippen LogP contribution in [-0.2, 0) is 14.8 Å². The summed E-state index contributed by atoms with van der Waals surface area (Å²) in [6.45, 7) is 4.75. The molecule has 144 valence electrons. The highest BCUT2D eigenvalue weighted by molar-refractivity contribution is 7.89. The van der Waals surface area contributed by atoms with Crippen LogP contribution in [0.5, 0.6) is 0 Å². The second-order valence-corrected chi connectivity index (χ2v) is 8.84. The zero-order chi connectivity index (χ0) is 18.6. The molecule has 0 aliphatic carbocycles. The number of aromatic nitrogens is 2. The molecule has 0 N–H and O–H groups in total. The quantitative estimate of drug-likeness (QED) is 0.747. The van der Waals surface area contributed by atoms with Crippen molar-refractivity contribution in [3.8, 4) is 0 Å². The van der Waals surface area contributed by atoms with Gasteiger partial charge in [-0.1, -0.05) is 13.3 Å². The van der Waals surface area contributed by atoms with Crippen molar-refractivity contribution in [3.05, 3.63) is 18.5 Å². The second-order valence-electron chi connectivity index (χ2n) is 6.80. The van der Waals surface area contributed by atoms with E-state index in [1.54, 1.807) is 23.4 Å². The Labute approximate surface area is 155 Å². The van der Waals surface area contributed by atoms with Gasteiger partial charge in [0.2, 0.25) is 21.9 Å². The van der Waals surface area contributed by atoms with Gasteiger partial charge in [-0.2, -0.15) is 4.31 Å². The molecule has 1 unspecified atom stereocenters. The molecular weight excluding hydrogens is 354 g/mol. The first kappa shape index (κ1) is 19.0. The first-order valence-electron chi connectivity index (χ1n) is 9.33. The van der Waals surface area contributed by atoms with Crippen molar-refractivity contribution in [1.29, 1.82) is 0 Å². The molecule has 9 heteroatoms. The Balaban J connectivity index is 1.65. The Morgan fingerprint density at radius 1 is 1.12 bits per heavy atom. The van der Waals surface area contributed by atoms with Gasteiger partial charge in [-0.3, -0.25) is 4.79 Å².